The van der Waals surface area contributed by atoms with Gasteiger partial charge >= 0.3 is 0 Å². The fourth-order valence-corrected chi connectivity index (χ4v) is 3.45. The molecule has 2 heterocycles. The van der Waals surface area contributed by atoms with Crippen molar-refractivity contribution in [2.24, 2.45) is 0 Å². The summed E-state index contributed by atoms with van der Waals surface area (Å²) in [6.07, 6.45) is 7.32. The topological polar surface area (TPSA) is 84.4 Å². The van der Waals surface area contributed by atoms with E-state index in [4.69, 9.17) is 4.74 Å². The molecule has 130 valence electrons. The van der Waals surface area contributed by atoms with E-state index in [0.717, 1.165) is 31.5 Å². The minimum atomic E-state index is -0.596. The first-order valence-corrected chi connectivity index (χ1v) is 8.43. The van der Waals surface area contributed by atoms with Crippen LogP contribution in [-0.4, -0.2) is 59.5 Å². The maximum Gasteiger partial charge on any atom is 0.257 e. The quantitative estimate of drug-likeness (QED) is 0.843. The van der Waals surface area contributed by atoms with E-state index in [1.54, 1.807) is 31.5 Å². The normalized spacial score (nSPS) is 23.3. The fourth-order valence-electron chi connectivity index (χ4n) is 3.45. The Morgan fingerprint density at radius 1 is 1.38 bits per heavy atom. The van der Waals surface area contributed by atoms with Crippen LogP contribution in [0.15, 0.2) is 12.4 Å². The van der Waals surface area contributed by atoms with Crippen molar-refractivity contribution in [1.82, 2.24) is 20.2 Å². The molecule has 1 aliphatic heterocycles. The summed E-state index contributed by atoms with van der Waals surface area (Å²) < 4.78 is 5.34. The molecule has 1 aromatic rings. The number of amides is 2. The number of methoxy groups -OCH3 is 1. The number of ether oxygens (including phenoxy) is 1. The van der Waals surface area contributed by atoms with Gasteiger partial charge in [0.15, 0.2) is 0 Å². The third-order valence-electron chi connectivity index (χ3n) is 4.88. The number of carbonyl (C=O) groups is 2. The summed E-state index contributed by atoms with van der Waals surface area (Å²) in [4.78, 5) is 35.3. The zero-order chi connectivity index (χ0) is 17.2. The lowest BCUT2D eigenvalue weighted by atomic mass is 9.92. The lowest BCUT2D eigenvalue weighted by Gasteiger charge is -2.37. The Hall–Kier alpha value is -2.02. The highest BCUT2D eigenvalue weighted by Crippen LogP contribution is 2.38. The van der Waals surface area contributed by atoms with E-state index in [2.05, 4.69) is 15.3 Å². The first kappa shape index (κ1) is 16.8. The lowest BCUT2D eigenvalue weighted by molar-refractivity contribution is -0.123. The second kappa shape index (κ2) is 6.84. The Labute approximate surface area is 141 Å². The molecule has 1 aliphatic carbocycles. The van der Waals surface area contributed by atoms with Crippen molar-refractivity contribution in [3.8, 4) is 0 Å². The smallest absolute Gasteiger partial charge is 0.257 e. The molecule has 2 amide bonds. The molecular formula is C17H24N4O3. The second-order valence-electron chi connectivity index (χ2n) is 6.67. The van der Waals surface area contributed by atoms with E-state index in [1.807, 2.05) is 0 Å². The van der Waals surface area contributed by atoms with Crippen molar-refractivity contribution in [2.45, 2.75) is 43.6 Å². The minimum Gasteiger partial charge on any atom is -0.382 e. The van der Waals surface area contributed by atoms with Gasteiger partial charge in [0.2, 0.25) is 5.91 Å². The maximum absolute atomic E-state index is 13.0. The second-order valence-corrected chi connectivity index (χ2v) is 6.67. The SMILES string of the molecule is CNC(=O)C[C@]1(COC)CCCN1C(=O)c1cnc(C2CC2)nc1. The van der Waals surface area contributed by atoms with Gasteiger partial charge in [-0.2, -0.15) is 0 Å². The van der Waals surface area contributed by atoms with E-state index in [-0.39, 0.29) is 18.2 Å². The molecule has 3 rings (SSSR count). The number of aromatic nitrogens is 2. The van der Waals surface area contributed by atoms with Gasteiger partial charge in [0.05, 0.1) is 24.1 Å². The third kappa shape index (κ3) is 3.26. The van der Waals surface area contributed by atoms with E-state index < -0.39 is 5.54 Å². The van der Waals surface area contributed by atoms with Gasteiger partial charge in [-0.3, -0.25) is 9.59 Å². The molecule has 1 saturated carbocycles. The van der Waals surface area contributed by atoms with Crippen LogP contribution in [0.1, 0.15) is 54.2 Å². The first-order valence-electron chi connectivity index (χ1n) is 8.43. The van der Waals surface area contributed by atoms with Gasteiger partial charge in [-0.15, -0.1) is 0 Å². The van der Waals surface area contributed by atoms with Crippen molar-refractivity contribution in [2.75, 3.05) is 27.3 Å². The highest BCUT2D eigenvalue weighted by Gasteiger charge is 2.45. The largest absolute Gasteiger partial charge is 0.382 e. The number of hydrogen-bond acceptors (Lipinski definition) is 5. The molecule has 2 fully saturated rings. The maximum atomic E-state index is 13.0. The molecule has 2 aliphatic rings. The number of carbonyl (C=O) groups excluding carboxylic acids is 2. The van der Waals surface area contributed by atoms with Crippen LogP contribution in [0.2, 0.25) is 0 Å². The summed E-state index contributed by atoms with van der Waals surface area (Å²) in [5.41, 5.74) is -0.125. The zero-order valence-electron chi connectivity index (χ0n) is 14.2. The third-order valence-corrected chi connectivity index (χ3v) is 4.88. The summed E-state index contributed by atoms with van der Waals surface area (Å²) in [5, 5.41) is 2.64. The summed E-state index contributed by atoms with van der Waals surface area (Å²) in [6, 6.07) is 0. The number of hydrogen-bond donors (Lipinski definition) is 1. The number of likely N-dealkylation sites (tertiary alicyclic amines) is 1. The predicted molar refractivity (Wildman–Crippen MR) is 87.6 cm³/mol. The van der Waals surface area contributed by atoms with Crippen molar-refractivity contribution in [3.05, 3.63) is 23.8 Å². The summed E-state index contributed by atoms with van der Waals surface area (Å²) in [7, 11) is 3.20. The Kier molecular flexibility index (Phi) is 4.80. The van der Waals surface area contributed by atoms with E-state index in [1.165, 1.54) is 0 Å². The Balaban J connectivity index is 1.81. The minimum absolute atomic E-state index is 0.0907. The van der Waals surface area contributed by atoms with Crippen LogP contribution in [0.4, 0.5) is 0 Å². The Morgan fingerprint density at radius 3 is 2.67 bits per heavy atom. The molecule has 0 bridgehead atoms. The molecule has 7 nitrogen and oxygen atoms in total. The standard InChI is InChI=1S/C17H24N4O3/c1-18-14(22)8-17(11-24-2)6-3-7-21(17)16(23)13-9-19-15(20-10-13)12-4-5-12/h9-10,12H,3-8,11H2,1-2H3,(H,18,22)/t17-/m0/s1. The van der Waals surface area contributed by atoms with Gasteiger partial charge in [0.1, 0.15) is 5.82 Å². The first-order chi connectivity index (χ1) is 11.6. The van der Waals surface area contributed by atoms with Crippen LogP contribution < -0.4 is 5.32 Å². The molecule has 7 heteroatoms. The fraction of sp³-hybridized carbons (Fsp3) is 0.647. The molecule has 0 spiro atoms. The Morgan fingerprint density at radius 2 is 2.08 bits per heavy atom. The molecular weight excluding hydrogens is 308 g/mol. The van der Waals surface area contributed by atoms with Crippen LogP contribution in [0.25, 0.3) is 0 Å². The molecule has 1 saturated heterocycles. The summed E-state index contributed by atoms with van der Waals surface area (Å²) in [6.45, 7) is 0.955. The van der Waals surface area contributed by atoms with Gasteiger partial charge < -0.3 is 15.0 Å². The van der Waals surface area contributed by atoms with Crippen LogP contribution in [0.5, 0.6) is 0 Å². The van der Waals surface area contributed by atoms with Crippen LogP contribution in [0, 0.1) is 0 Å². The monoisotopic (exact) mass is 332 g/mol. The van der Waals surface area contributed by atoms with Crippen LogP contribution in [0.3, 0.4) is 0 Å². The summed E-state index contributed by atoms with van der Waals surface area (Å²) >= 11 is 0. The molecule has 1 atom stereocenters. The van der Waals surface area contributed by atoms with Gasteiger partial charge in [-0.25, -0.2) is 9.97 Å². The number of nitrogens with zero attached hydrogens (tertiary/aromatic N) is 3. The molecule has 0 aromatic carbocycles. The summed E-state index contributed by atoms with van der Waals surface area (Å²) in [5.74, 6) is 1.06. The van der Waals surface area contributed by atoms with Crippen molar-refractivity contribution in [1.29, 1.82) is 0 Å². The number of nitrogens with one attached hydrogen (secondary N) is 1. The van der Waals surface area contributed by atoms with Gasteiger partial charge in [-0.05, 0) is 25.7 Å². The Bertz CT molecular complexity index is 615. The molecule has 1 N–H and O–H groups in total. The number of rotatable bonds is 6. The van der Waals surface area contributed by atoms with E-state index in [9.17, 15) is 9.59 Å². The molecule has 24 heavy (non-hydrogen) atoms. The van der Waals surface area contributed by atoms with Crippen molar-refractivity contribution < 1.29 is 14.3 Å². The van der Waals surface area contributed by atoms with Crippen molar-refractivity contribution in [3.63, 3.8) is 0 Å². The van der Waals surface area contributed by atoms with Gasteiger partial charge in [0.25, 0.3) is 5.91 Å². The average Bonchev–Trinajstić information content (AvgIpc) is 3.37. The molecule has 0 radical (unpaired) electrons. The highest BCUT2D eigenvalue weighted by molar-refractivity contribution is 5.95. The predicted octanol–water partition coefficient (Wildman–Crippen LogP) is 1.11. The average molecular weight is 332 g/mol. The van der Waals surface area contributed by atoms with Crippen LogP contribution in [-0.2, 0) is 9.53 Å². The lowest BCUT2D eigenvalue weighted by Crippen LogP contribution is -2.52. The zero-order valence-corrected chi connectivity index (χ0v) is 14.2. The van der Waals surface area contributed by atoms with Gasteiger partial charge in [0, 0.05) is 39.0 Å². The van der Waals surface area contributed by atoms with E-state index >= 15 is 0 Å². The van der Waals surface area contributed by atoms with Crippen LogP contribution >= 0.6 is 0 Å². The molecule has 0 unspecified atom stereocenters. The van der Waals surface area contributed by atoms with Crippen molar-refractivity contribution >= 4 is 11.8 Å². The van der Waals surface area contributed by atoms with Gasteiger partial charge in [-0.1, -0.05) is 0 Å². The highest BCUT2D eigenvalue weighted by atomic mass is 16.5. The van der Waals surface area contributed by atoms with E-state index in [0.29, 0.717) is 24.6 Å². The molecule has 1 aromatic heterocycles.